The summed E-state index contributed by atoms with van der Waals surface area (Å²) in [5.74, 6) is -0.627. The minimum Gasteiger partial charge on any atom is -0.465 e. The highest BCUT2D eigenvalue weighted by Gasteiger charge is 2.29. The third-order valence-corrected chi connectivity index (χ3v) is 6.59. The van der Waals surface area contributed by atoms with Crippen molar-refractivity contribution in [3.8, 4) is 11.1 Å². The number of halogens is 1. The van der Waals surface area contributed by atoms with Gasteiger partial charge in [0.1, 0.15) is 5.00 Å². The lowest BCUT2D eigenvalue weighted by Crippen LogP contribution is -2.29. The van der Waals surface area contributed by atoms with E-state index in [-0.39, 0.29) is 18.3 Å². The number of amides is 1. The number of anilines is 1. The van der Waals surface area contributed by atoms with E-state index in [4.69, 9.17) is 4.74 Å². The fourth-order valence-electron chi connectivity index (χ4n) is 3.75. The second-order valence-electron chi connectivity index (χ2n) is 7.22. The van der Waals surface area contributed by atoms with E-state index in [9.17, 15) is 9.59 Å². The van der Waals surface area contributed by atoms with E-state index in [1.165, 1.54) is 18.4 Å². The third-order valence-electron chi connectivity index (χ3n) is 5.45. The van der Waals surface area contributed by atoms with Crippen molar-refractivity contribution in [2.45, 2.75) is 19.9 Å². The van der Waals surface area contributed by atoms with Gasteiger partial charge in [-0.3, -0.25) is 9.69 Å². The number of nitrogens with zero attached hydrogens (tertiary/aromatic N) is 1. The number of likely N-dealkylation sites (N-methyl/N-ethyl adjacent to an activating group) is 1. The van der Waals surface area contributed by atoms with Crippen LogP contribution in [0.3, 0.4) is 0 Å². The first kappa shape index (κ1) is 23.0. The summed E-state index contributed by atoms with van der Waals surface area (Å²) in [6, 6.07) is 17.5. The van der Waals surface area contributed by atoms with Gasteiger partial charge in [-0.05, 0) is 41.8 Å². The minimum atomic E-state index is -0.396. The number of carbonyl (C=O) groups is 2. The molecule has 1 aliphatic rings. The van der Waals surface area contributed by atoms with Crippen molar-refractivity contribution in [1.29, 1.82) is 0 Å². The number of fused-ring (bicyclic) bond motifs is 1. The summed E-state index contributed by atoms with van der Waals surface area (Å²) in [5, 5.41) is 3.52. The average Bonchev–Trinajstić information content (AvgIpc) is 3.16. The zero-order valence-electron chi connectivity index (χ0n) is 17.5. The predicted octanol–water partition coefficient (Wildman–Crippen LogP) is 5.25. The van der Waals surface area contributed by atoms with Crippen molar-refractivity contribution in [3.63, 3.8) is 0 Å². The van der Waals surface area contributed by atoms with Gasteiger partial charge in [-0.25, -0.2) is 4.79 Å². The number of rotatable bonds is 5. The molecule has 0 unspecified atom stereocenters. The molecule has 0 saturated heterocycles. The summed E-state index contributed by atoms with van der Waals surface area (Å²) in [6.07, 6.45) is 0.783. The first-order chi connectivity index (χ1) is 14.6. The molecule has 5 nitrogen and oxygen atoms in total. The summed E-state index contributed by atoms with van der Waals surface area (Å²) in [7, 11) is 1.38. The van der Waals surface area contributed by atoms with Crippen LogP contribution in [0.1, 0.15) is 38.1 Å². The molecule has 0 spiro atoms. The van der Waals surface area contributed by atoms with Gasteiger partial charge in [0, 0.05) is 23.5 Å². The summed E-state index contributed by atoms with van der Waals surface area (Å²) in [4.78, 5) is 28.8. The summed E-state index contributed by atoms with van der Waals surface area (Å²) < 4.78 is 5.01. The molecule has 0 bridgehead atoms. The zero-order chi connectivity index (χ0) is 21.1. The standard InChI is InChI=1S/C24H24N2O3S.ClH/c1-3-26-14-13-19-20(15-26)30-23(21(19)24(28)29-2)25-22(27)18-11-9-17(10-12-18)16-7-5-4-6-8-16;/h4-12H,3,13-15H2,1-2H3,(H,25,27);1H. The van der Waals surface area contributed by atoms with Crippen LogP contribution < -0.4 is 5.32 Å². The van der Waals surface area contributed by atoms with Gasteiger partial charge in [0.25, 0.3) is 5.91 Å². The Bertz CT molecular complexity index is 1060. The number of carbonyl (C=O) groups excluding carboxylic acids is 2. The Kier molecular flexibility index (Phi) is 7.49. The van der Waals surface area contributed by atoms with Crippen LogP contribution in [0.25, 0.3) is 11.1 Å². The molecule has 3 aromatic rings. The van der Waals surface area contributed by atoms with E-state index in [2.05, 4.69) is 17.1 Å². The van der Waals surface area contributed by atoms with Crippen LogP contribution in [0.2, 0.25) is 0 Å². The zero-order valence-corrected chi connectivity index (χ0v) is 19.1. The quantitative estimate of drug-likeness (QED) is 0.532. The molecular weight excluding hydrogens is 432 g/mol. The fourth-order valence-corrected chi connectivity index (χ4v) is 5.03. The Morgan fingerprint density at radius 2 is 1.74 bits per heavy atom. The van der Waals surface area contributed by atoms with Gasteiger partial charge in [0.2, 0.25) is 0 Å². The molecule has 1 aromatic heterocycles. The Labute approximate surface area is 192 Å². The van der Waals surface area contributed by atoms with Crippen LogP contribution in [0.4, 0.5) is 5.00 Å². The maximum Gasteiger partial charge on any atom is 0.341 e. The Hall–Kier alpha value is -2.67. The fraction of sp³-hybridized carbons (Fsp3) is 0.250. The molecule has 162 valence electrons. The maximum absolute atomic E-state index is 12.9. The van der Waals surface area contributed by atoms with Crippen molar-refractivity contribution < 1.29 is 14.3 Å². The molecule has 1 amide bonds. The van der Waals surface area contributed by atoms with E-state index in [1.807, 2.05) is 54.6 Å². The molecule has 0 aliphatic carbocycles. The van der Waals surface area contributed by atoms with Crippen LogP contribution >= 0.6 is 23.7 Å². The topological polar surface area (TPSA) is 58.6 Å². The second kappa shape index (κ2) is 10.1. The number of esters is 1. The molecule has 31 heavy (non-hydrogen) atoms. The van der Waals surface area contributed by atoms with Gasteiger partial charge >= 0.3 is 5.97 Å². The Morgan fingerprint density at radius 1 is 1.06 bits per heavy atom. The molecule has 0 fully saturated rings. The largest absolute Gasteiger partial charge is 0.465 e. The monoisotopic (exact) mass is 456 g/mol. The summed E-state index contributed by atoms with van der Waals surface area (Å²) in [6.45, 7) is 4.78. The smallest absolute Gasteiger partial charge is 0.341 e. The van der Waals surface area contributed by atoms with Gasteiger partial charge in [-0.15, -0.1) is 23.7 Å². The highest BCUT2D eigenvalue weighted by Crippen LogP contribution is 2.37. The summed E-state index contributed by atoms with van der Waals surface area (Å²) in [5.41, 5.74) is 4.21. The van der Waals surface area contributed by atoms with Gasteiger partial charge in [-0.2, -0.15) is 0 Å². The van der Waals surface area contributed by atoms with Crippen molar-refractivity contribution in [3.05, 3.63) is 76.2 Å². The molecule has 0 radical (unpaired) electrons. The SMILES string of the molecule is CCN1CCc2c(sc(NC(=O)c3ccc(-c4ccccc4)cc3)c2C(=O)OC)C1.Cl. The molecular formula is C24H25ClN2O3S. The number of ether oxygens (including phenoxy) is 1. The highest BCUT2D eigenvalue weighted by atomic mass is 35.5. The molecule has 2 heterocycles. The molecule has 4 rings (SSSR count). The number of thiophene rings is 1. The minimum absolute atomic E-state index is 0. The van der Waals surface area contributed by atoms with E-state index < -0.39 is 5.97 Å². The van der Waals surface area contributed by atoms with Crippen LogP contribution in [0, 0.1) is 0 Å². The average molecular weight is 457 g/mol. The molecule has 0 saturated carbocycles. The lowest BCUT2D eigenvalue weighted by Gasteiger charge is -2.25. The second-order valence-corrected chi connectivity index (χ2v) is 8.32. The molecule has 2 aromatic carbocycles. The molecule has 7 heteroatoms. The third kappa shape index (κ3) is 4.82. The highest BCUT2D eigenvalue weighted by molar-refractivity contribution is 7.17. The lowest BCUT2D eigenvalue weighted by molar-refractivity contribution is 0.0600. The Balaban J connectivity index is 0.00000272. The van der Waals surface area contributed by atoms with E-state index in [1.54, 1.807) is 0 Å². The van der Waals surface area contributed by atoms with Crippen molar-refractivity contribution in [2.24, 2.45) is 0 Å². The summed E-state index contributed by atoms with van der Waals surface area (Å²) >= 11 is 1.47. The van der Waals surface area contributed by atoms with Crippen LogP contribution in [0.5, 0.6) is 0 Å². The lowest BCUT2D eigenvalue weighted by atomic mass is 10.0. The van der Waals surface area contributed by atoms with Crippen molar-refractivity contribution in [2.75, 3.05) is 25.5 Å². The van der Waals surface area contributed by atoms with E-state index >= 15 is 0 Å². The van der Waals surface area contributed by atoms with Crippen molar-refractivity contribution >= 4 is 40.6 Å². The number of benzene rings is 2. The van der Waals surface area contributed by atoms with E-state index in [0.717, 1.165) is 47.6 Å². The number of hydrogen-bond donors (Lipinski definition) is 1. The van der Waals surface area contributed by atoms with Crippen LogP contribution in [0.15, 0.2) is 54.6 Å². The van der Waals surface area contributed by atoms with Gasteiger partial charge in [0.05, 0.1) is 12.7 Å². The number of nitrogens with one attached hydrogen (secondary N) is 1. The molecule has 0 atom stereocenters. The number of hydrogen-bond acceptors (Lipinski definition) is 5. The first-order valence-electron chi connectivity index (χ1n) is 10.0. The van der Waals surface area contributed by atoms with Gasteiger partial charge in [0.15, 0.2) is 0 Å². The predicted molar refractivity (Wildman–Crippen MR) is 127 cm³/mol. The van der Waals surface area contributed by atoms with Crippen LogP contribution in [-0.2, 0) is 17.7 Å². The molecule has 1 N–H and O–H groups in total. The van der Waals surface area contributed by atoms with Gasteiger partial charge < -0.3 is 10.1 Å². The Morgan fingerprint density at radius 3 is 2.39 bits per heavy atom. The van der Waals surface area contributed by atoms with E-state index in [0.29, 0.717) is 16.1 Å². The van der Waals surface area contributed by atoms with Gasteiger partial charge in [-0.1, -0.05) is 49.4 Å². The normalized spacial score (nSPS) is 13.1. The maximum atomic E-state index is 12.9. The van der Waals surface area contributed by atoms with Crippen molar-refractivity contribution in [1.82, 2.24) is 4.90 Å². The molecule has 1 aliphatic heterocycles. The first-order valence-corrected chi connectivity index (χ1v) is 10.8. The number of methoxy groups -OCH3 is 1. The van der Waals surface area contributed by atoms with Crippen LogP contribution in [-0.4, -0.2) is 37.0 Å².